The summed E-state index contributed by atoms with van der Waals surface area (Å²) in [6.45, 7) is 4.64. The third-order valence-electron chi connectivity index (χ3n) is 2.42. The number of anilines is 1. The Morgan fingerprint density at radius 3 is 2.58 bits per heavy atom. The third-order valence-corrected chi connectivity index (χ3v) is 2.74. The van der Waals surface area contributed by atoms with E-state index in [-0.39, 0.29) is 16.5 Å². The van der Waals surface area contributed by atoms with Crippen LogP contribution in [0.25, 0.3) is 0 Å². The van der Waals surface area contributed by atoms with E-state index in [4.69, 9.17) is 17.3 Å². The van der Waals surface area contributed by atoms with E-state index in [2.05, 4.69) is 10.6 Å². The largest absolute Gasteiger partial charge is 0.366 e. The summed E-state index contributed by atoms with van der Waals surface area (Å²) in [6, 6.07) is 4.94. The van der Waals surface area contributed by atoms with Gasteiger partial charge >= 0.3 is 0 Å². The molecule has 0 fully saturated rings. The minimum absolute atomic E-state index is 0.115. The lowest BCUT2D eigenvalue weighted by Gasteiger charge is -2.09. The Kier molecular flexibility index (Phi) is 5.79. The zero-order chi connectivity index (χ0) is 14.4. The summed E-state index contributed by atoms with van der Waals surface area (Å²) < 4.78 is 0. The van der Waals surface area contributed by atoms with Crippen LogP contribution in [0, 0.1) is 0 Å². The van der Waals surface area contributed by atoms with Crippen molar-refractivity contribution >= 4 is 29.1 Å². The van der Waals surface area contributed by atoms with Gasteiger partial charge in [-0.3, -0.25) is 9.59 Å². The molecule has 0 aliphatic heterocycles. The van der Waals surface area contributed by atoms with Crippen LogP contribution in [0.2, 0.25) is 5.02 Å². The highest BCUT2D eigenvalue weighted by molar-refractivity contribution is 6.34. The summed E-state index contributed by atoms with van der Waals surface area (Å²) in [7, 11) is 0. The van der Waals surface area contributed by atoms with E-state index in [1.807, 2.05) is 13.8 Å². The molecule has 0 atom stereocenters. The molecule has 1 aromatic carbocycles. The number of nitrogens with two attached hydrogens (primary N) is 1. The number of hydrogen-bond donors (Lipinski definition) is 3. The number of nitrogens with one attached hydrogen (secondary N) is 2. The Labute approximate surface area is 117 Å². The van der Waals surface area contributed by atoms with E-state index >= 15 is 0 Å². The molecule has 19 heavy (non-hydrogen) atoms. The Morgan fingerprint density at radius 2 is 2.05 bits per heavy atom. The minimum Gasteiger partial charge on any atom is -0.366 e. The Hall–Kier alpha value is -1.59. The Morgan fingerprint density at radius 1 is 1.37 bits per heavy atom. The Balaban J connectivity index is 2.55. The van der Waals surface area contributed by atoms with Crippen molar-refractivity contribution in [1.82, 2.24) is 5.32 Å². The van der Waals surface area contributed by atoms with Crippen LogP contribution in [0.1, 0.15) is 30.6 Å². The first-order chi connectivity index (χ1) is 8.90. The molecule has 0 aromatic heterocycles. The van der Waals surface area contributed by atoms with Gasteiger partial charge in [-0.05, 0) is 18.2 Å². The zero-order valence-electron chi connectivity index (χ0n) is 11.0. The second-order valence-corrected chi connectivity index (χ2v) is 4.87. The van der Waals surface area contributed by atoms with Crippen LogP contribution >= 0.6 is 11.6 Å². The van der Waals surface area contributed by atoms with Crippen molar-refractivity contribution in [1.29, 1.82) is 0 Å². The molecule has 0 spiro atoms. The molecular weight excluding hydrogens is 266 g/mol. The van der Waals surface area contributed by atoms with Gasteiger partial charge in [0.1, 0.15) is 0 Å². The molecule has 0 saturated carbocycles. The topological polar surface area (TPSA) is 84.2 Å². The van der Waals surface area contributed by atoms with Crippen LogP contribution in [0.15, 0.2) is 18.2 Å². The van der Waals surface area contributed by atoms with Gasteiger partial charge < -0.3 is 16.4 Å². The van der Waals surface area contributed by atoms with Gasteiger partial charge in [-0.1, -0.05) is 25.4 Å². The predicted octanol–water partition coefficient (Wildman–Crippen LogP) is 1.77. The molecule has 0 heterocycles. The lowest BCUT2D eigenvalue weighted by atomic mass is 10.2. The summed E-state index contributed by atoms with van der Waals surface area (Å²) in [5.74, 6) is -0.708. The molecule has 0 bridgehead atoms. The van der Waals surface area contributed by atoms with E-state index in [0.717, 1.165) is 0 Å². The number of hydrogen-bond acceptors (Lipinski definition) is 3. The lowest BCUT2D eigenvalue weighted by Crippen LogP contribution is -2.27. The van der Waals surface area contributed by atoms with Crippen molar-refractivity contribution in [3.63, 3.8) is 0 Å². The monoisotopic (exact) mass is 283 g/mol. The van der Waals surface area contributed by atoms with E-state index in [1.165, 1.54) is 12.1 Å². The first kappa shape index (κ1) is 15.5. The molecule has 0 aliphatic rings. The molecule has 4 N–H and O–H groups in total. The number of halogens is 1. The van der Waals surface area contributed by atoms with Gasteiger partial charge in [0.05, 0.1) is 10.6 Å². The fourth-order valence-electron chi connectivity index (χ4n) is 1.49. The second kappa shape index (κ2) is 7.11. The normalized spacial score (nSPS) is 10.5. The van der Waals surface area contributed by atoms with Crippen molar-refractivity contribution in [2.75, 3.05) is 11.9 Å². The molecule has 104 valence electrons. The van der Waals surface area contributed by atoms with Crippen LogP contribution in [-0.4, -0.2) is 24.4 Å². The standard InChI is InChI=1S/C13H18ClN3O2/c1-8(2)16-6-5-12(18)17-9-3-4-10(13(15)19)11(14)7-9/h3-4,7-8,16H,5-6H2,1-2H3,(H2,15,19)(H,17,18). The summed E-state index contributed by atoms with van der Waals surface area (Å²) in [5, 5.41) is 6.08. The van der Waals surface area contributed by atoms with Gasteiger partial charge in [0.25, 0.3) is 0 Å². The highest BCUT2D eigenvalue weighted by Gasteiger charge is 2.08. The maximum Gasteiger partial charge on any atom is 0.250 e. The molecule has 5 nitrogen and oxygen atoms in total. The molecule has 6 heteroatoms. The number of amides is 2. The van der Waals surface area contributed by atoms with E-state index in [1.54, 1.807) is 6.07 Å². The highest BCUT2D eigenvalue weighted by Crippen LogP contribution is 2.20. The summed E-state index contributed by atoms with van der Waals surface area (Å²) in [5.41, 5.74) is 5.92. The number of carbonyl (C=O) groups is 2. The molecule has 2 amide bonds. The maximum atomic E-state index is 11.6. The molecular formula is C13H18ClN3O2. The van der Waals surface area contributed by atoms with Crippen LogP contribution in [0.3, 0.4) is 0 Å². The second-order valence-electron chi connectivity index (χ2n) is 4.47. The van der Waals surface area contributed by atoms with Crippen LogP contribution in [-0.2, 0) is 4.79 Å². The fourth-order valence-corrected chi connectivity index (χ4v) is 1.76. The number of rotatable bonds is 6. The first-order valence-electron chi connectivity index (χ1n) is 6.02. The molecule has 0 aliphatic carbocycles. The number of carbonyl (C=O) groups excluding carboxylic acids is 2. The van der Waals surface area contributed by atoms with Crippen LogP contribution in [0.5, 0.6) is 0 Å². The lowest BCUT2D eigenvalue weighted by molar-refractivity contribution is -0.116. The van der Waals surface area contributed by atoms with Crippen molar-refractivity contribution in [3.8, 4) is 0 Å². The quantitative estimate of drug-likeness (QED) is 0.744. The molecule has 0 unspecified atom stereocenters. The van der Waals surface area contributed by atoms with Crippen LogP contribution in [0.4, 0.5) is 5.69 Å². The smallest absolute Gasteiger partial charge is 0.250 e. The van der Waals surface area contributed by atoms with Gasteiger partial charge in [-0.15, -0.1) is 0 Å². The third kappa shape index (κ3) is 5.28. The summed E-state index contributed by atoms with van der Waals surface area (Å²) in [4.78, 5) is 22.6. The van der Waals surface area contributed by atoms with Crippen molar-refractivity contribution < 1.29 is 9.59 Å². The van der Waals surface area contributed by atoms with Gasteiger partial charge in [0.15, 0.2) is 0 Å². The Bertz CT molecular complexity index is 475. The molecule has 1 aromatic rings. The average molecular weight is 284 g/mol. The van der Waals surface area contributed by atoms with Crippen molar-refractivity contribution in [2.45, 2.75) is 26.3 Å². The van der Waals surface area contributed by atoms with Gasteiger partial charge in [-0.2, -0.15) is 0 Å². The van der Waals surface area contributed by atoms with Crippen LogP contribution < -0.4 is 16.4 Å². The number of benzene rings is 1. The summed E-state index contributed by atoms with van der Waals surface area (Å²) in [6.07, 6.45) is 0.368. The van der Waals surface area contributed by atoms with E-state index < -0.39 is 5.91 Å². The van der Waals surface area contributed by atoms with Crippen molar-refractivity contribution in [2.24, 2.45) is 5.73 Å². The summed E-state index contributed by atoms with van der Waals surface area (Å²) >= 11 is 5.89. The fraction of sp³-hybridized carbons (Fsp3) is 0.385. The molecule has 1 rings (SSSR count). The maximum absolute atomic E-state index is 11.6. The molecule has 0 radical (unpaired) electrons. The number of primary amides is 1. The van der Waals surface area contributed by atoms with E-state index in [0.29, 0.717) is 24.7 Å². The predicted molar refractivity (Wildman–Crippen MR) is 76.4 cm³/mol. The molecule has 0 saturated heterocycles. The van der Waals surface area contributed by atoms with Crippen molar-refractivity contribution in [3.05, 3.63) is 28.8 Å². The average Bonchev–Trinajstić information content (AvgIpc) is 2.27. The SMILES string of the molecule is CC(C)NCCC(=O)Nc1ccc(C(N)=O)c(Cl)c1. The minimum atomic E-state index is -0.594. The first-order valence-corrected chi connectivity index (χ1v) is 6.40. The zero-order valence-corrected chi connectivity index (χ0v) is 11.8. The van der Waals surface area contributed by atoms with E-state index in [9.17, 15) is 9.59 Å². The van der Waals surface area contributed by atoms with Gasteiger partial charge in [0.2, 0.25) is 11.8 Å². The van der Waals surface area contributed by atoms with Gasteiger partial charge in [0, 0.05) is 24.7 Å². The highest BCUT2D eigenvalue weighted by atomic mass is 35.5. The van der Waals surface area contributed by atoms with Gasteiger partial charge in [-0.25, -0.2) is 0 Å².